The van der Waals surface area contributed by atoms with Crippen LogP contribution in [0.2, 0.25) is 0 Å². The predicted molar refractivity (Wildman–Crippen MR) is 71.7 cm³/mol. The summed E-state index contributed by atoms with van der Waals surface area (Å²) in [5.41, 5.74) is -4.69. The summed E-state index contributed by atoms with van der Waals surface area (Å²) in [5, 5.41) is 9.37. The summed E-state index contributed by atoms with van der Waals surface area (Å²) >= 11 is 0. The number of aliphatic hydroxyl groups excluding tert-OH is 1. The van der Waals surface area contributed by atoms with Gasteiger partial charge in [-0.2, -0.15) is 13.2 Å². The van der Waals surface area contributed by atoms with E-state index in [0.29, 0.717) is 12.2 Å². The van der Waals surface area contributed by atoms with Gasteiger partial charge >= 0.3 is 5.51 Å². The number of aliphatic hydroxyl groups is 1. The van der Waals surface area contributed by atoms with Gasteiger partial charge in [0.2, 0.25) is 0 Å². The van der Waals surface area contributed by atoms with E-state index >= 15 is 0 Å². The Labute approximate surface area is 121 Å². The van der Waals surface area contributed by atoms with Crippen molar-refractivity contribution in [2.75, 3.05) is 18.1 Å². The zero-order valence-electron chi connectivity index (χ0n) is 11.3. The lowest BCUT2D eigenvalue weighted by Gasteiger charge is -2.27. The van der Waals surface area contributed by atoms with E-state index in [1.165, 1.54) is 12.1 Å². The van der Waals surface area contributed by atoms with E-state index in [-0.39, 0.29) is 18.6 Å². The maximum atomic E-state index is 12.5. The number of sulfone groups is 1. The molecule has 0 saturated carbocycles. The fourth-order valence-electron chi connectivity index (χ4n) is 2.56. The Hall–Kier alpha value is -1.28. The van der Waals surface area contributed by atoms with Crippen molar-refractivity contribution in [3.63, 3.8) is 0 Å². The van der Waals surface area contributed by atoms with Gasteiger partial charge in [0.15, 0.2) is 0 Å². The van der Waals surface area contributed by atoms with Gasteiger partial charge in [0.25, 0.3) is 9.84 Å². The van der Waals surface area contributed by atoms with Gasteiger partial charge in [-0.1, -0.05) is 6.92 Å². The average molecular weight is 323 g/mol. The molecule has 118 valence electrons. The van der Waals surface area contributed by atoms with Crippen molar-refractivity contribution in [1.82, 2.24) is 0 Å². The minimum atomic E-state index is -5.31. The smallest absolute Gasteiger partial charge is 0.394 e. The van der Waals surface area contributed by atoms with Crippen LogP contribution in [0.4, 0.5) is 18.9 Å². The van der Waals surface area contributed by atoms with E-state index in [1.807, 2.05) is 11.8 Å². The zero-order valence-corrected chi connectivity index (χ0v) is 12.2. The molecule has 0 aliphatic carbocycles. The summed E-state index contributed by atoms with van der Waals surface area (Å²) in [6.45, 7) is 2.62. The third-order valence-corrected chi connectivity index (χ3v) is 5.36. The van der Waals surface area contributed by atoms with Crippen molar-refractivity contribution in [2.45, 2.75) is 29.8 Å². The number of hydrogen-bond donors (Lipinski definition) is 1. The average Bonchev–Trinajstić information content (AvgIpc) is 2.78. The molecule has 1 aliphatic rings. The van der Waals surface area contributed by atoms with E-state index in [4.69, 9.17) is 0 Å². The molecule has 0 radical (unpaired) electrons. The zero-order chi connectivity index (χ0) is 15.8. The second-order valence-electron chi connectivity index (χ2n) is 5.15. The largest absolute Gasteiger partial charge is 0.501 e. The molecule has 2 rings (SSSR count). The molecular weight excluding hydrogens is 307 g/mol. The highest BCUT2D eigenvalue weighted by molar-refractivity contribution is 7.92. The normalized spacial score (nSPS) is 23.6. The first kappa shape index (κ1) is 16.1. The number of benzene rings is 1. The van der Waals surface area contributed by atoms with Crippen molar-refractivity contribution in [3.8, 4) is 0 Å². The van der Waals surface area contributed by atoms with Crippen LogP contribution in [0.15, 0.2) is 29.2 Å². The Morgan fingerprint density at radius 3 is 2.33 bits per heavy atom. The highest BCUT2D eigenvalue weighted by Crippen LogP contribution is 2.33. The number of hydrogen-bond acceptors (Lipinski definition) is 4. The molecular formula is C13H16F3NO3S. The van der Waals surface area contributed by atoms with Crippen LogP contribution >= 0.6 is 0 Å². The van der Waals surface area contributed by atoms with Crippen molar-refractivity contribution in [3.05, 3.63) is 24.3 Å². The van der Waals surface area contributed by atoms with Gasteiger partial charge in [-0.15, -0.1) is 0 Å². The van der Waals surface area contributed by atoms with Crippen LogP contribution in [0.1, 0.15) is 13.3 Å². The molecule has 1 aromatic carbocycles. The summed E-state index contributed by atoms with van der Waals surface area (Å²) in [6.07, 6.45) is 0.869. The van der Waals surface area contributed by atoms with Gasteiger partial charge in [0.1, 0.15) is 0 Å². The van der Waals surface area contributed by atoms with Crippen LogP contribution in [0, 0.1) is 5.92 Å². The molecule has 8 heteroatoms. The second-order valence-corrected chi connectivity index (χ2v) is 7.09. The SMILES string of the molecule is CC1CCN(c2ccc(S(=O)(=O)C(F)(F)F)cc2)C1CO. The van der Waals surface area contributed by atoms with Crippen LogP contribution in [-0.4, -0.2) is 38.2 Å². The van der Waals surface area contributed by atoms with Gasteiger partial charge in [-0.3, -0.25) is 0 Å². The number of rotatable bonds is 3. The van der Waals surface area contributed by atoms with E-state index in [9.17, 15) is 26.7 Å². The Bertz CT molecular complexity index is 598. The third-order valence-electron chi connectivity index (χ3n) is 3.85. The van der Waals surface area contributed by atoms with Crippen molar-refractivity contribution in [2.24, 2.45) is 5.92 Å². The third kappa shape index (κ3) is 2.87. The number of anilines is 1. The van der Waals surface area contributed by atoms with Gasteiger partial charge in [0.05, 0.1) is 17.5 Å². The van der Waals surface area contributed by atoms with Gasteiger partial charge in [0, 0.05) is 12.2 Å². The molecule has 2 unspecified atom stereocenters. The summed E-state index contributed by atoms with van der Waals surface area (Å²) in [4.78, 5) is 1.11. The lowest BCUT2D eigenvalue weighted by molar-refractivity contribution is -0.0436. The first-order valence-corrected chi connectivity index (χ1v) is 7.95. The molecule has 0 amide bonds. The number of nitrogens with zero attached hydrogens (tertiary/aromatic N) is 1. The first-order chi connectivity index (χ1) is 9.68. The molecule has 1 saturated heterocycles. The Balaban J connectivity index is 2.28. The lowest BCUT2D eigenvalue weighted by atomic mass is 10.0. The molecule has 21 heavy (non-hydrogen) atoms. The van der Waals surface area contributed by atoms with E-state index in [2.05, 4.69) is 0 Å². The minimum Gasteiger partial charge on any atom is -0.394 e. The fraction of sp³-hybridized carbons (Fsp3) is 0.538. The monoisotopic (exact) mass is 323 g/mol. The standard InChI is InChI=1S/C13H16F3NO3S/c1-9-6-7-17(12(9)8-18)10-2-4-11(5-3-10)21(19,20)13(14,15)16/h2-5,9,12,18H,6-8H2,1H3. The highest BCUT2D eigenvalue weighted by atomic mass is 32.2. The summed E-state index contributed by atoms with van der Waals surface area (Å²) in [7, 11) is -5.31. The highest BCUT2D eigenvalue weighted by Gasteiger charge is 2.46. The first-order valence-electron chi connectivity index (χ1n) is 6.47. The summed E-state index contributed by atoms with van der Waals surface area (Å²) in [6, 6.07) is 4.50. The Morgan fingerprint density at radius 2 is 1.86 bits per heavy atom. The van der Waals surface area contributed by atoms with Crippen molar-refractivity contribution >= 4 is 15.5 Å². The molecule has 1 aromatic rings. The summed E-state index contributed by atoms with van der Waals surface area (Å²) in [5.74, 6) is 0.272. The molecule has 4 nitrogen and oxygen atoms in total. The molecule has 0 bridgehead atoms. The van der Waals surface area contributed by atoms with Crippen LogP contribution < -0.4 is 4.90 Å². The van der Waals surface area contributed by atoms with Crippen molar-refractivity contribution < 1.29 is 26.7 Å². The van der Waals surface area contributed by atoms with Crippen LogP contribution in [0.25, 0.3) is 0 Å². The quantitative estimate of drug-likeness (QED) is 0.926. The predicted octanol–water partition coefficient (Wildman–Crippen LogP) is 2.19. The van der Waals surface area contributed by atoms with Gasteiger partial charge in [-0.05, 0) is 36.6 Å². The number of alkyl halides is 3. The number of halogens is 3. The topological polar surface area (TPSA) is 57.6 Å². The molecule has 1 aliphatic heterocycles. The molecule has 1 heterocycles. The maximum absolute atomic E-state index is 12.5. The van der Waals surface area contributed by atoms with E-state index in [0.717, 1.165) is 18.6 Å². The van der Waals surface area contributed by atoms with Crippen molar-refractivity contribution in [1.29, 1.82) is 0 Å². The summed E-state index contributed by atoms with van der Waals surface area (Å²) < 4.78 is 59.9. The second kappa shape index (κ2) is 5.49. The maximum Gasteiger partial charge on any atom is 0.501 e. The minimum absolute atomic E-state index is 0.0518. The molecule has 0 aromatic heterocycles. The fourth-order valence-corrected chi connectivity index (χ4v) is 3.32. The van der Waals surface area contributed by atoms with Gasteiger partial charge in [-0.25, -0.2) is 8.42 Å². The van der Waals surface area contributed by atoms with Gasteiger partial charge < -0.3 is 10.0 Å². The van der Waals surface area contributed by atoms with E-state index in [1.54, 1.807) is 0 Å². The van der Waals surface area contributed by atoms with Crippen LogP contribution in [-0.2, 0) is 9.84 Å². The van der Waals surface area contributed by atoms with Crippen LogP contribution in [0.3, 0.4) is 0 Å². The molecule has 2 atom stereocenters. The molecule has 1 fully saturated rings. The molecule has 0 spiro atoms. The van der Waals surface area contributed by atoms with Crippen LogP contribution in [0.5, 0.6) is 0 Å². The lowest BCUT2D eigenvalue weighted by Crippen LogP contribution is -2.35. The molecule has 1 N–H and O–H groups in total. The Kier molecular flexibility index (Phi) is 4.21. The van der Waals surface area contributed by atoms with E-state index < -0.39 is 20.2 Å². The Morgan fingerprint density at radius 1 is 1.29 bits per heavy atom.